The molecule has 3 aromatic carbocycles. The van der Waals surface area contributed by atoms with E-state index in [-0.39, 0.29) is 39.2 Å². The van der Waals surface area contributed by atoms with Crippen molar-refractivity contribution >= 4 is 44.6 Å². The Kier molecular flexibility index (Phi) is 8.19. The molecule has 0 heterocycles. The smallest absolute Gasteiger partial charge is 0.405 e. The summed E-state index contributed by atoms with van der Waals surface area (Å²) in [5.41, 5.74) is 1.11. The maximum atomic E-state index is 12.8. The van der Waals surface area contributed by atoms with Crippen molar-refractivity contribution in [2.75, 3.05) is 11.1 Å². The summed E-state index contributed by atoms with van der Waals surface area (Å²) in [5.74, 6) is -0.258. The Morgan fingerprint density at radius 3 is 2.23 bits per heavy atom. The van der Waals surface area contributed by atoms with E-state index in [0.717, 1.165) is 11.6 Å². The molecule has 0 aliphatic heterocycles. The first-order chi connectivity index (χ1) is 16.4. The first-order valence-corrected chi connectivity index (χ1v) is 12.6. The lowest BCUT2D eigenvalue weighted by Crippen LogP contribution is -2.28. The van der Waals surface area contributed by atoms with Crippen molar-refractivity contribution in [1.82, 2.24) is 5.32 Å². The molecule has 0 aliphatic carbocycles. The molecule has 0 saturated heterocycles. The van der Waals surface area contributed by atoms with Crippen molar-refractivity contribution in [3.8, 4) is 16.9 Å². The van der Waals surface area contributed by atoms with Gasteiger partial charge in [0, 0.05) is 34.0 Å². The number of alkyl halides is 3. The maximum Gasteiger partial charge on any atom is 0.573 e. The molecule has 0 spiro atoms. The summed E-state index contributed by atoms with van der Waals surface area (Å²) in [4.78, 5) is 12.7. The van der Waals surface area contributed by atoms with Crippen LogP contribution >= 0.6 is 23.2 Å². The maximum absolute atomic E-state index is 12.8. The number of halogens is 5. The van der Waals surface area contributed by atoms with Crippen LogP contribution in [-0.2, 0) is 16.3 Å². The molecule has 6 nitrogen and oxygen atoms in total. The number of nitrogens with one attached hydrogen (secondary N) is 3. The summed E-state index contributed by atoms with van der Waals surface area (Å²) >= 11 is 12.6. The van der Waals surface area contributed by atoms with Crippen molar-refractivity contribution < 1.29 is 26.9 Å². The predicted molar refractivity (Wildman–Crippen MR) is 131 cm³/mol. The zero-order chi connectivity index (χ0) is 25.8. The highest BCUT2D eigenvalue weighted by Crippen LogP contribution is 2.42. The van der Waals surface area contributed by atoms with Gasteiger partial charge in [0.1, 0.15) is 5.75 Å². The van der Waals surface area contributed by atoms with E-state index in [1.807, 2.05) is 0 Å². The average Bonchev–Trinajstić information content (AvgIpc) is 2.77. The van der Waals surface area contributed by atoms with Crippen LogP contribution in [-0.4, -0.2) is 22.4 Å². The molecule has 0 fully saturated rings. The standard InChI is InChI=1S/C23H20Cl2F3N3O3S/c1-2-35(29,33)16-9-7-14(8-10-16)13-30-22(32)31-15-11-18(24)21(19(25)12-15)17-5-3-4-6-20(17)34-23(26,27)28/h3-12,29H,2,13H2,1H3,(H2,30,31,32). The van der Waals surface area contributed by atoms with Gasteiger partial charge < -0.3 is 15.4 Å². The molecule has 12 heteroatoms. The third kappa shape index (κ3) is 7.03. The van der Waals surface area contributed by atoms with Crippen molar-refractivity contribution in [1.29, 1.82) is 4.78 Å². The first-order valence-electron chi connectivity index (χ1n) is 10.1. The Morgan fingerprint density at radius 2 is 1.66 bits per heavy atom. The molecule has 3 aromatic rings. The van der Waals surface area contributed by atoms with E-state index in [9.17, 15) is 22.2 Å². The number of urea groups is 1. The summed E-state index contributed by atoms with van der Waals surface area (Å²) in [6.45, 7) is 1.83. The molecule has 0 aliphatic rings. The van der Waals surface area contributed by atoms with Crippen LogP contribution in [0.1, 0.15) is 12.5 Å². The van der Waals surface area contributed by atoms with E-state index in [0.29, 0.717) is 4.90 Å². The lowest BCUT2D eigenvalue weighted by molar-refractivity contribution is -0.274. The highest BCUT2D eigenvalue weighted by molar-refractivity contribution is 7.92. The number of hydrogen-bond acceptors (Lipinski definition) is 4. The Labute approximate surface area is 210 Å². The second kappa shape index (κ2) is 10.8. The largest absolute Gasteiger partial charge is 0.573 e. The van der Waals surface area contributed by atoms with Crippen molar-refractivity contribution in [2.45, 2.75) is 24.7 Å². The molecule has 0 radical (unpaired) electrons. The highest BCUT2D eigenvalue weighted by atomic mass is 35.5. The quantitative estimate of drug-likeness (QED) is 0.290. The fourth-order valence-electron chi connectivity index (χ4n) is 3.14. The lowest BCUT2D eigenvalue weighted by atomic mass is 10.0. The van der Waals surface area contributed by atoms with E-state index in [1.165, 1.54) is 30.3 Å². The van der Waals surface area contributed by atoms with Gasteiger partial charge in [-0.05, 0) is 35.9 Å². The SMILES string of the molecule is CCS(=N)(=O)c1ccc(CNC(=O)Nc2cc(Cl)c(-c3ccccc3OC(F)(F)F)c(Cl)c2)cc1. The Bertz CT molecular complexity index is 1310. The molecule has 1 atom stereocenters. The molecule has 0 bridgehead atoms. The molecule has 2 amide bonds. The molecular weight excluding hydrogens is 526 g/mol. The van der Waals surface area contributed by atoms with Gasteiger partial charge in [-0.3, -0.25) is 0 Å². The van der Waals surface area contributed by atoms with Gasteiger partial charge in [0.2, 0.25) is 0 Å². The molecule has 35 heavy (non-hydrogen) atoms. The van der Waals surface area contributed by atoms with Gasteiger partial charge in [0.05, 0.1) is 19.8 Å². The van der Waals surface area contributed by atoms with Gasteiger partial charge in [-0.2, -0.15) is 0 Å². The second-order valence-corrected chi connectivity index (χ2v) is 10.5. The summed E-state index contributed by atoms with van der Waals surface area (Å²) in [5, 5.41) is 5.23. The second-order valence-electron chi connectivity index (χ2n) is 7.27. The molecule has 3 rings (SSSR count). The van der Waals surface area contributed by atoms with E-state index in [4.69, 9.17) is 28.0 Å². The van der Waals surface area contributed by atoms with Crippen molar-refractivity contribution in [3.05, 3.63) is 76.3 Å². The topological polar surface area (TPSA) is 91.3 Å². The molecule has 0 saturated carbocycles. The van der Waals surface area contributed by atoms with E-state index in [1.54, 1.807) is 31.2 Å². The molecular formula is C23H20Cl2F3N3O3S. The van der Waals surface area contributed by atoms with Gasteiger partial charge in [-0.15, -0.1) is 13.2 Å². The van der Waals surface area contributed by atoms with Crippen LogP contribution in [0.25, 0.3) is 11.1 Å². The number of hydrogen-bond donors (Lipinski definition) is 3. The summed E-state index contributed by atoms with van der Waals surface area (Å²) < 4.78 is 62.3. The third-order valence-corrected chi connectivity index (χ3v) is 7.29. The summed E-state index contributed by atoms with van der Waals surface area (Å²) in [6, 6.07) is 14.1. The fourth-order valence-corrected chi connectivity index (χ4v) is 4.74. The monoisotopic (exact) mass is 545 g/mol. The summed E-state index contributed by atoms with van der Waals surface area (Å²) in [7, 11) is -2.82. The number of benzene rings is 3. The van der Waals surface area contributed by atoms with Crippen LogP contribution < -0.4 is 15.4 Å². The van der Waals surface area contributed by atoms with E-state index < -0.39 is 27.9 Å². The number of carbonyl (C=O) groups is 1. The zero-order valence-electron chi connectivity index (χ0n) is 18.2. The van der Waals surface area contributed by atoms with Crippen LogP contribution in [0.4, 0.5) is 23.7 Å². The Morgan fingerprint density at radius 1 is 1.06 bits per heavy atom. The predicted octanol–water partition coefficient (Wildman–Crippen LogP) is 7.31. The van der Waals surface area contributed by atoms with Crippen LogP contribution in [0.3, 0.4) is 0 Å². The third-order valence-electron chi connectivity index (χ3n) is 4.85. The van der Waals surface area contributed by atoms with Crippen LogP contribution in [0, 0.1) is 4.78 Å². The number of carbonyl (C=O) groups excluding carboxylic acids is 1. The lowest BCUT2D eigenvalue weighted by Gasteiger charge is -2.16. The number of ether oxygens (including phenoxy) is 1. The van der Waals surface area contributed by atoms with Crippen molar-refractivity contribution in [3.63, 3.8) is 0 Å². The van der Waals surface area contributed by atoms with Gasteiger partial charge in [-0.1, -0.05) is 60.5 Å². The first kappa shape index (κ1) is 26.7. The fraction of sp³-hybridized carbons (Fsp3) is 0.174. The molecule has 3 N–H and O–H groups in total. The van der Waals surface area contributed by atoms with Gasteiger partial charge in [0.15, 0.2) is 0 Å². The minimum absolute atomic E-state index is 0.0107. The minimum atomic E-state index is -4.90. The number of para-hydroxylation sites is 1. The van der Waals surface area contributed by atoms with Gasteiger partial charge >= 0.3 is 12.4 Å². The van der Waals surface area contributed by atoms with Crippen LogP contribution in [0.5, 0.6) is 5.75 Å². The van der Waals surface area contributed by atoms with Crippen molar-refractivity contribution in [2.24, 2.45) is 0 Å². The Hall–Kier alpha value is -2.95. The van der Waals surface area contributed by atoms with E-state index >= 15 is 0 Å². The normalized spacial score (nSPS) is 13.1. The molecule has 1 unspecified atom stereocenters. The summed E-state index contributed by atoms with van der Waals surface area (Å²) in [6.07, 6.45) is -4.90. The minimum Gasteiger partial charge on any atom is -0.405 e. The Balaban J connectivity index is 1.71. The molecule has 186 valence electrons. The van der Waals surface area contributed by atoms with Crippen LogP contribution in [0.15, 0.2) is 65.6 Å². The number of rotatable bonds is 7. The average molecular weight is 546 g/mol. The van der Waals surface area contributed by atoms with E-state index in [2.05, 4.69) is 15.4 Å². The van der Waals surface area contributed by atoms with Crippen LogP contribution in [0.2, 0.25) is 10.0 Å². The van der Waals surface area contributed by atoms with Gasteiger partial charge in [-0.25, -0.2) is 13.8 Å². The molecule has 0 aromatic heterocycles. The number of anilines is 1. The zero-order valence-corrected chi connectivity index (χ0v) is 20.5. The number of amides is 2. The highest BCUT2D eigenvalue weighted by Gasteiger charge is 2.32. The van der Waals surface area contributed by atoms with Gasteiger partial charge in [0.25, 0.3) is 0 Å².